The summed E-state index contributed by atoms with van der Waals surface area (Å²) in [7, 11) is 0. The maximum atomic E-state index is 6.80. The Morgan fingerprint density at radius 2 is 1.92 bits per heavy atom. The molecule has 0 aliphatic carbocycles. The number of guanidine groups is 1. The highest BCUT2D eigenvalue weighted by Gasteiger charge is 2.48. The molecule has 2 atom stereocenters. The van der Waals surface area contributed by atoms with Crippen LogP contribution in [0.2, 0.25) is 0 Å². The fourth-order valence-electron chi connectivity index (χ4n) is 2.54. The second-order valence-corrected chi connectivity index (χ2v) is 7.77. The minimum Gasteiger partial charge on any atom is -0.334 e. The lowest BCUT2D eigenvalue weighted by molar-refractivity contribution is -0.684. The first-order valence-electron chi connectivity index (χ1n) is 8.06. The zero-order chi connectivity index (χ0) is 17.5. The van der Waals surface area contributed by atoms with Crippen LogP contribution >= 0.6 is 11.8 Å². The van der Waals surface area contributed by atoms with E-state index >= 15 is 0 Å². The van der Waals surface area contributed by atoms with Gasteiger partial charge < -0.3 is 5.32 Å². The molecular weight excluding hydrogens is 322 g/mol. The number of nitrogens with zero attached hydrogens (tertiary/aromatic N) is 4. The van der Waals surface area contributed by atoms with Crippen LogP contribution in [-0.4, -0.2) is 28.7 Å². The van der Waals surface area contributed by atoms with Crippen LogP contribution in [0.5, 0.6) is 0 Å². The van der Waals surface area contributed by atoms with Gasteiger partial charge in [-0.05, 0) is 35.5 Å². The largest absolute Gasteiger partial charge is 0.383 e. The van der Waals surface area contributed by atoms with Crippen LogP contribution in [0.3, 0.4) is 0 Å². The molecule has 0 spiro atoms. The molecule has 3 rings (SSSR count). The lowest BCUT2D eigenvalue weighted by Crippen LogP contribution is -2.49. The van der Waals surface area contributed by atoms with E-state index in [1.165, 1.54) is 6.34 Å². The number of allylic oxidation sites excluding steroid dienone is 1. The monoisotopic (exact) mass is 344 g/mol. The van der Waals surface area contributed by atoms with Gasteiger partial charge in [0.25, 0.3) is 5.82 Å². The number of benzene rings is 1. The third kappa shape index (κ3) is 2.78. The molecular formula is C18H23ClN5+. The average molecular weight is 345 g/mol. The topological polar surface area (TPSA) is 49.1 Å². The summed E-state index contributed by atoms with van der Waals surface area (Å²) in [4.78, 5) is 8.62. The molecule has 0 amide bonds. The minimum absolute atomic E-state index is 0.0647. The second-order valence-electron chi connectivity index (χ2n) is 7.28. The van der Waals surface area contributed by atoms with Gasteiger partial charge in [-0.3, -0.25) is 0 Å². The normalized spacial score (nSPS) is 24.0. The summed E-state index contributed by atoms with van der Waals surface area (Å²) in [6, 6.07) is 8.38. The first-order chi connectivity index (χ1) is 11.2. The summed E-state index contributed by atoms with van der Waals surface area (Å²) in [5.41, 5.74) is 3.25. The number of nitrogens with one attached hydrogen (secondary N) is 1. The quantitative estimate of drug-likeness (QED) is 0.826. The van der Waals surface area contributed by atoms with Gasteiger partial charge >= 0.3 is 5.96 Å². The van der Waals surface area contributed by atoms with Gasteiger partial charge in [0.15, 0.2) is 6.34 Å². The van der Waals surface area contributed by atoms with Crippen molar-refractivity contribution in [3.63, 3.8) is 0 Å². The molecule has 0 aromatic heterocycles. The zero-order valence-electron chi connectivity index (χ0n) is 14.7. The molecule has 2 unspecified atom stereocenters. The van der Waals surface area contributed by atoms with E-state index < -0.39 is 0 Å². The molecule has 2 heterocycles. The Balaban J connectivity index is 2.16. The summed E-state index contributed by atoms with van der Waals surface area (Å²) in [5.74, 6) is 1.24. The van der Waals surface area contributed by atoms with E-state index in [2.05, 4.69) is 67.2 Å². The fourth-order valence-corrected chi connectivity index (χ4v) is 2.81. The van der Waals surface area contributed by atoms with Crippen LogP contribution < -0.4 is 5.32 Å². The SMILES string of the molecule is Cc1ccccc1C1=C(NC(C)C(C)(C)C)[N+]2(Cl)N=CN=C2N=C1. The van der Waals surface area contributed by atoms with Crippen LogP contribution in [0.4, 0.5) is 0 Å². The van der Waals surface area contributed by atoms with Gasteiger partial charge in [0, 0.05) is 10.2 Å². The Morgan fingerprint density at radius 3 is 2.58 bits per heavy atom. The molecule has 0 bridgehead atoms. The third-order valence-corrected chi connectivity index (χ3v) is 5.00. The molecule has 24 heavy (non-hydrogen) atoms. The average Bonchev–Trinajstić information content (AvgIpc) is 2.90. The molecule has 5 nitrogen and oxygen atoms in total. The van der Waals surface area contributed by atoms with Crippen molar-refractivity contribution in [3.05, 3.63) is 41.2 Å². The van der Waals surface area contributed by atoms with Crippen molar-refractivity contribution in [3.8, 4) is 0 Å². The summed E-state index contributed by atoms with van der Waals surface area (Å²) < 4.78 is -0.291. The summed E-state index contributed by atoms with van der Waals surface area (Å²) in [5, 5.41) is 7.93. The van der Waals surface area contributed by atoms with E-state index in [0.717, 1.165) is 22.5 Å². The number of hydrogen-bond donors (Lipinski definition) is 1. The van der Waals surface area contributed by atoms with Crippen molar-refractivity contribution < 1.29 is 4.11 Å². The smallest absolute Gasteiger partial charge is 0.334 e. The molecule has 126 valence electrons. The molecule has 0 saturated carbocycles. The van der Waals surface area contributed by atoms with Crippen molar-refractivity contribution in [2.24, 2.45) is 20.5 Å². The van der Waals surface area contributed by atoms with E-state index in [-0.39, 0.29) is 15.6 Å². The number of aliphatic imine (C=N–C) groups is 2. The lowest BCUT2D eigenvalue weighted by atomic mass is 9.88. The Morgan fingerprint density at radius 1 is 1.21 bits per heavy atom. The molecule has 1 N–H and O–H groups in total. The maximum absolute atomic E-state index is 6.80. The maximum Gasteiger partial charge on any atom is 0.383 e. The molecule has 0 radical (unpaired) electrons. The van der Waals surface area contributed by atoms with Crippen molar-refractivity contribution in [1.82, 2.24) is 5.32 Å². The molecule has 0 saturated heterocycles. The van der Waals surface area contributed by atoms with E-state index in [9.17, 15) is 0 Å². The van der Waals surface area contributed by atoms with Gasteiger partial charge in [0.05, 0.1) is 11.8 Å². The van der Waals surface area contributed by atoms with Crippen LogP contribution in [-0.2, 0) is 0 Å². The zero-order valence-corrected chi connectivity index (χ0v) is 15.5. The van der Waals surface area contributed by atoms with Crippen molar-refractivity contribution in [1.29, 1.82) is 0 Å². The van der Waals surface area contributed by atoms with Gasteiger partial charge in [-0.15, -0.1) is 0 Å². The lowest BCUT2D eigenvalue weighted by Gasteiger charge is -2.33. The molecule has 1 aromatic carbocycles. The van der Waals surface area contributed by atoms with E-state index in [4.69, 9.17) is 11.8 Å². The van der Waals surface area contributed by atoms with Crippen molar-refractivity contribution >= 4 is 35.9 Å². The van der Waals surface area contributed by atoms with Gasteiger partial charge in [-0.25, -0.2) is 0 Å². The van der Waals surface area contributed by atoms with Crippen LogP contribution in [0.1, 0.15) is 38.8 Å². The summed E-state index contributed by atoms with van der Waals surface area (Å²) in [6.07, 6.45) is 3.29. The van der Waals surface area contributed by atoms with Crippen molar-refractivity contribution in [2.45, 2.75) is 40.7 Å². The third-order valence-electron chi connectivity index (χ3n) is 4.60. The predicted molar refractivity (Wildman–Crippen MR) is 101 cm³/mol. The molecule has 1 aromatic rings. The highest BCUT2D eigenvalue weighted by Crippen LogP contribution is 2.36. The van der Waals surface area contributed by atoms with Gasteiger partial charge in [0.2, 0.25) is 11.8 Å². The van der Waals surface area contributed by atoms with Gasteiger partial charge in [-0.1, -0.05) is 45.0 Å². The van der Waals surface area contributed by atoms with E-state index in [0.29, 0.717) is 5.96 Å². The van der Waals surface area contributed by atoms with E-state index in [1.54, 1.807) is 0 Å². The number of fused-ring (bicyclic) bond motifs is 1. The highest BCUT2D eigenvalue weighted by molar-refractivity contribution is 6.23. The Bertz CT molecular complexity index is 785. The van der Waals surface area contributed by atoms with Crippen LogP contribution in [0.15, 0.2) is 45.2 Å². The first-order valence-corrected chi connectivity index (χ1v) is 8.40. The highest BCUT2D eigenvalue weighted by atomic mass is 35.5. The molecule has 2 aliphatic heterocycles. The van der Waals surface area contributed by atoms with Crippen molar-refractivity contribution in [2.75, 3.05) is 0 Å². The number of rotatable bonds is 3. The first kappa shape index (κ1) is 16.9. The second kappa shape index (κ2) is 5.83. The Hall–Kier alpha value is -1.98. The summed E-state index contributed by atoms with van der Waals surface area (Å²) >= 11 is 6.80. The Kier molecular flexibility index (Phi) is 4.10. The number of aryl methyl sites for hydroxylation is 1. The number of quaternary nitrogens is 1. The molecule has 0 fully saturated rings. The fraction of sp³-hybridized carbons (Fsp3) is 0.389. The minimum atomic E-state index is -0.291. The van der Waals surface area contributed by atoms with Gasteiger partial charge in [0.1, 0.15) is 0 Å². The van der Waals surface area contributed by atoms with Crippen LogP contribution in [0.25, 0.3) is 5.57 Å². The summed E-state index contributed by atoms with van der Waals surface area (Å²) in [6.45, 7) is 10.8. The Labute approximate surface area is 148 Å². The molecule has 6 heteroatoms. The van der Waals surface area contributed by atoms with Gasteiger partial charge in [-0.2, -0.15) is 9.98 Å². The molecule has 2 aliphatic rings. The number of halogens is 1. The van der Waals surface area contributed by atoms with E-state index in [1.807, 2.05) is 18.3 Å². The number of hydrogen-bond acceptors (Lipinski definition) is 4. The standard InChI is InChI=1S/C18H23ClN5/c1-12-8-6-7-9-14(12)15-10-20-17-21-11-22-24(17,19)16(15)23-13(2)18(3,4)5/h6-11,13,23H,1-5H3/q+1. The van der Waals surface area contributed by atoms with Crippen LogP contribution in [0, 0.1) is 12.3 Å². The predicted octanol–water partition coefficient (Wildman–Crippen LogP) is 4.06.